The normalized spacial score (nSPS) is 21.0. The van der Waals surface area contributed by atoms with Gasteiger partial charge in [-0.05, 0) is 57.2 Å². The summed E-state index contributed by atoms with van der Waals surface area (Å²) in [5.41, 5.74) is -0.766. The molecule has 0 unspecified atom stereocenters. The number of alkyl halides is 3. The minimum atomic E-state index is -4.40. The summed E-state index contributed by atoms with van der Waals surface area (Å²) in [4.78, 5) is 25.2. The van der Waals surface area contributed by atoms with E-state index in [1.165, 1.54) is 17.0 Å². The number of hydrogen-bond donors (Lipinski definition) is 1. The van der Waals surface area contributed by atoms with Crippen molar-refractivity contribution in [3.05, 3.63) is 35.4 Å². The summed E-state index contributed by atoms with van der Waals surface area (Å²) in [6, 6.07) is 4.76. The number of halogens is 3. The number of ether oxygens (including phenoxy) is 1. The number of likely N-dealkylation sites (tertiary alicyclic amines) is 1. The van der Waals surface area contributed by atoms with Gasteiger partial charge in [0.05, 0.1) is 11.5 Å². The summed E-state index contributed by atoms with van der Waals surface area (Å²) in [6.07, 6.45) is -4.17. The van der Waals surface area contributed by atoms with E-state index in [2.05, 4.69) is 0 Å². The molecule has 1 N–H and O–H groups in total. The van der Waals surface area contributed by atoms with E-state index in [4.69, 9.17) is 4.74 Å². The van der Waals surface area contributed by atoms with E-state index >= 15 is 0 Å². The Labute approximate surface area is 156 Å². The van der Waals surface area contributed by atoms with Crippen molar-refractivity contribution in [2.45, 2.75) is 45.4 Å². The number of carboxylic acid groups (broad SMARTS) is 1. The number of benzene rings is 1. The van der Waals surface area contributed by atoms with E-state index < -0.39 is 35.3 Å². The lowest BCUT2D eigenvalue weighted by molar-refractivity contribution is -0.145. The van der Waals surface area contributed by atoms with Gasteiger partial charge in [-0.3, -0.25) is 4.79 Å². The van der Waals surface area contributed by atoms with Gasteiger partial charge in [0.1, 0.15) is 5.60 Å². The van der Waals surface area contributed by atoms with Crippen LogP contribution in [0.3, 0.4) is 0 Å². The zero-order valence-electron chi connectivity index (χ0n) is 15.5. The maximum absolute atomic E-state index is 12.7. The largest absolute Gasteiger partial charge is 0.481 e. The molecule has 1 fully saturated rings. The molecule has 1 aromatic carbocycles. The van der Waals surface area contributed by atoms with Crippen LogP contribution in [0.15, 0.2) is 24.3 Å². The summed E-state index contributed by atoms with van der Waals surface area (Å²) in [7, 11) is 0. The fraction of sp³-hybridized carbons (Fsp3) is 0.579. The number of carboxylic acids is 1. The first-order valence-electron chi connectivity index (χ1n) is 8.73. The molecule has 0 saturated carbocycles. The summed E-state index contributed by atoms with van der Waals surface area (Å²) >= 11 is 0. The van der Waals surface area contributed by atoms with E-state index in [1.54, 1.807) is 20.8 Å². The fourth-order valence-corrected chi connectivity index (χ4v) is 3.15. The van der Waals surface area contributed by atoms with Gasteiger partial charge in [-0.25, -0.2) is 4.79 Å². The standard InChI is InChI=1S/C19H24F3NO4/c1-18(2,3)27-17(26)23-9-8-13(15(11-23)16(24)25)10-12-4-6-14(7-5-12)19(20,21)22/h4-7,13,15H,8-11H2,1-3H3,(H,24,25)/t13-,15+/m0/s1. The van der Waals surface area contributed by atoms with Crippen LogP contribution in [-0.4, -0.2) is 40.8 Å². The number of rotatable bonds is 3. The molecule has 1 aromatic rings. The first-order valence-corrected chi connectivity index (χ1v) is 8.73. The van der Waals surface area contributed by atoms with Crippen molar-refractivity contribution < 1.29 is 32.6 Å². The lowest BCUT2D eigenvalue weighted by Crippen LogP contribution is -2.48. The van der Waals surface area contributed by atoms with E-state index in [1.807, 2.05) is 0 Å². The first kappa shape index (κ1) is 21.1. The molecule has 1 amide bonds. The van der Waals surface area contributed by atoms with E-state index in [0.717, 1.165) is 12.1 Å². The molecule has 1 saturated heterocycles. The molecule has 5 nitrogen and oxygen atoms in total. The molecular formula is C19H24F3NO4. The van der Waals surface area contributed by atoms with Crippen molar-refractivity contribution in [3.8, 4) is 0 Å². The summed E-state index contributed by atoms with van der Waals surface area (Å²) in [5, 5.41) is 9.54. The van der Waals surface area contributed by atoms with Gasteiger partial charge < -0.3 is 14.7 Å². The van der Waals surface area contributed by atoms with Crippen LogP contribution in [0.2, 0.25) is 0 Å². The van der Waals surface area contributed by atoms with Crippen LogP contribution in [0, 0.1) is 11.8 Å². The lowest BCUT2D eigenvalue weighted by Gasteiger charge is -2.37. The summed E-state index contributed by atoms with van der Waals surface area (Å²) in [6.45, 7) is 5.57. The van der Waals surface area contributed by atoms with Crippen molar-refractivity contribution >= 4 is 12.1 Å². The third kappa shape index (κ3) is 5.87. The maximum Gasteiger partial charge on any atom is 0.416 e. The number of nitrogens with zero attached hydrogens (tertiary/aromatic N) is 1. The second-order valence-corrected chi connectivity index (χ2v) is 7.82. The molecule has 1 heterocycles. The van der Waals surface area contributed by atoms with E-state index in [0.29, 0.717) is 24.9 Å². The van der Waals surface area contributed by atoms with Gasteiger partial charge in [0.25, 0.3) is 0 Å². The quantitative estimate of drug-likeness (QED) is 0.844. The van der Waals surface area contributed by atoms with Gasteiger partial charge in [-0.1, -0.05) is 12.1 Å². The van der Waals surface area contributed by atoms with E-state index in [9.17, 15) is 27.9 Å². The molecule has 150 valence electrons. The average Bonchev–Trinajstić information content (AvgIpc) is 2.53. The van der Waals surface area contributed by atoms with Crippen molar-refractivity contribution in [1.29, 1.82) is 0 Å². The van der Waals surface area contributed by atoms with Crippen LogP contribution in [-0.2, 0) is 22.1 Å². The first-order chi connectivity index (χ1) is 12.4. The third-order valence-corrected chi connectivity index (χ3v) is 4.50. The number of aliphatic carboxylic acids is 1. The molecule has 0 bridgehead atoms. The van der Waals surface area contributed by atoms with Gasteiger partial charge in [-0.2, -0.15) is 13.2 Å². The maximum atomic E-state index is 12.7. The predicted molar refractivity (Wildman–Crippen MR) is 92.2 cm³/mol. The number of carbonyl (C=O) groups is 2. The number of carbonyl (C=O) groups excluding carboxylic acids is 1. The molecular weight excluding hydrogens is 363 g/mol. The number of amides is 1. The van der Waals surface area contributed by atoms with Gasteiger partial charge in [0.2, 0.25) is 0 Å². The van der Waals surface area contributed by atoms with Crippen LogP contribution >= 0.6 is 0 Å². The highest BCUT2D eigenvalue weighted by Crippen LogP contribution is 2.31. The molecule has 0 radical (unpaired) electrons. The lowest BCUT2D eigenvalue weighted by atomic mass is 9.81. The average molecular weight is 387 g/mol. The minimum absolute atomic E-state index is 0.0234. The van der Waals surface area contributed by atoms with Gasteiger partial charge in [0.15, 0.2) is 0 Å². The second-order valence-electron chi connectivity index (χ2n) is 7.82. The Bertz CT molecular complexity index is 680. The van der Waals surface area contributed by atoms with Crippen LogP contribution in [0.4, 0.5) is 18.0 Å². The second kappa shape index (κ2) is 7.78. The SMILES string of the molecule is CC(C)(C)OC(=O)N1CC[C@@H](Cc2ccc(C(F)(F)F)cc2)[C@H](C(=O)O)C1. The molecule has 2 rings (SSSR count). The Kier molecular flexibility index (Phi) is 6.07. The van der Waals surface area contributed by atoms with Crippen LogP contribution in [0.25, 0.3) is 0 Å². The number of hydrogen-bond acceptors (Lipinski definition) is 3. The summed E-state index contributed by atoms with van der Waals surface area (Å²) < 4.78 is 43.3. The van der Waals surface area contributed by atoms with Crippen molar-refractivity contribution in [3.63, 3.8) is 0 Å². The Morgan fingerprint density at radius 2 is 1.78 bits per heavy atom. The van der Waals surface area contributed by atoms with Crippen molar-refractivity contribution in [1.82, 2.24) is 4.90 Å². The number of piperidine rings is 1. The molecule has 1 aliphatic rings. The van der Waals surface area contributed by atoms with Crippen LogP contribution in [0.5, 0.6) is 0 Å². The van der Waals surface area contributed by atoms with Crippen molar-refractivity contribution in [2.24, 2.45) is 11.8 Å². The molecule has 0 aromatic heterocycles. The van der Waals surface area contributed by atoms with Gasteiger partial charge in [-0.15, -0.1) is 0 Å². The van der Waals surface area contributed by atoms with E-state index in [-0.39, 0.29) is 12.5 Å². The molecule has 0 aliphatic carbocycles. The molecule has 1 aliphatic heterocycles. The van der Waals surface area contributed by atoms with Crippen molar-refractivity contribution in [2.75, 3.05) is 13.1 Å². The van der Waals surface area contributed by atoms with Crippen LogP contribution < -0.4 is 0 Å². The Morgan fingerprint density at radius 1 is 1.19 bits per heavy atom. The van der Waals surface area contributed by atoms with Gasteiger partial charge in [0, 0.05) is 13.1 Å². The highest BCUT2D eigenvalue weighted by Gasteiger charge is 2.37. The zero-order chi connectivity index (χ0) is 20.4. The summed E-state index contributed by atoms with van der Waals surface area (Å²) in [5.74, 6) is -2.09. The monoisotopic (exact) mass is 387 g/mol. The zero-order valence-corrected chi connectivity index (χ0v) is 15.5. The topological polar surface area (TPSA) is 66.8 Å². The predicted octanol–water partition coefficient (Wildman–Crippen LogP) is 4.21. The Hall–Kier alpha value is -2.25. The minimum Gasteiger partial charge on any atom is -0.481 e. The smallest absolute Gasteiger partial charge is 0.416 e. The molecule has 8 heteroatoms. The third-order valence-electron chi connectivity index (χ3n) is 4.50. The molecule has 0 spiro atoms. The highest BCUT2D eigenvalue weighted by molar-refractivity contribution is 5.73. The molecule has 2 atom stereocenters. The van der Waals surface area contributed by atoms with Crippen LogP contribution in [0.1, 0.15) is 38.3 Å². The fourth-order valence-electron chi connectivity index (χ4n) is 3.15. The Balaban J connectivity index is 2.06. The van der Waals surface area contributed by atoms with Gasteiger partial charge >= 0.3 is 18.2 Å². The highest BCUT2D eigenvalue weighted by atomic mass is 19.4. The Morgan fingerprint density at radius 3 is 2.26 bits per heavy atom. The molecule has 27 heavy (non-hydrogen) atoms.